The standard InChI is InChI=1S/C14H18N4O2S/c1-17(2)14(6-3-7-14)8-15-10-4-5-11-12(16-9-21-11)13(10)18(19)20/h4-5,9,15H,3,6-8H2,1-2H3. The third kappa shape index (κ3) is 2.36. The van der Waals surface area contributed by atoms with Gasteiger partial charge in [-0.25, -0.2) is 4.98 Å². The van der Waals surface area contributed by atoms with Crippen LogP contribution in [0.5, 0.6) is 0 Å². The molecular weight excluding hydrogens is 288 g/mol. The zero-order valence-corrected chi connectivity index (χ0v) is 12.9. The van der Waals surface area contributed by atoms with Crippen molar-refractivity contribution in [3.8, 4) is 0 Å². The Bertz CT molecular complexity index is 679. The highest BCUT2D eigenvalue weighted by Gasteiger charge is 2.39. The van der Waals surface area contributed by atoms with Crippen molar-refractivity contribution in [2.75, 3.05) is 26.0 Å². The van der Waals surface area contributed by atoms with Crippen LogP contribution in [0.3, 0.4) is 0 Å². The third-order valence-corrected chi connectivity index (χ3v) is 5.29. The highest BCUT2D eigenvalue weighted by atomic mass is 32.1. The first-order chi connectivity index (χ1) is 10.0. The Balaban J connectivity index is 1.90. The summed E-state index contributed by atoms with van der Waals surface area (Å²) in [4.78, 5) is 17.4. The quantitative estimate of drug-likeness (QED) is 0.679. The number of nitro groups is 1. The molecule has 1 fully saturated rings. The molecule has 0 aliphatic heterocycles. The van der Waals surface area contributed by atoms with E-state index in [0.29, 0.717) is 11.2 Å². The van der Waals surface area contributed by atoms with Crippen LogP contribution in [0.1, 0.15) is 19.3 Å². The van der Waals surface area contributed by atoms with Crippen molar-refractivity contribution < 1.29 is 4.92 Å². The van der Waals surface area contributed by atoms with Crippen molar-refractivity contribution in [3.63, 3.8) is 0 Å². The van der Waals surface area contributed by atoms with Crippen LogP contribution in [0.25, 0.3) is 10.2 Å². The second-order valence-corrected chi connectivity index (χ2v) is 6.63. The molecule has 0 unspecified atom stereocenters. The zero-order valence-electron chi connectivity index (χ0n) is 12.1. The normalized spacial score (nSPS) is 16.9. The Morgan fingerprint density at radius 3 is 2.81 bits per heavy atom. The lowest BCUT2D eigenvalue weighted by atomic mass is 9.75. The van der Waals surface area contributed by atoms with E-state index < -0.39 is 0 Å². The number of aromatic nitrogens is 1. The number of rotatable bonds is 5. The van der Waals surface area contributed by atoms with Crippen LogP contribution < -0.4 is 5.32 Å². The summed E-state index contributed by atoms with van der Waals surface area (Å²) in [5.74, 6) is 0. The number of nitrogens with zero attached hydrogens (tertiary/aromatic N) is 3. The van der Waals surface area contributed by atoms with Gasteiger partial charge < -0.3 is 10.2 Å². The number of thiazole rings is 1. The molecule has 2 aromatic rings. The highest BCUT2D eigenvalue weighted by Crippen LogP contribution is 2.38. The molecular formula is C14H18N4O2S. The van der Waals surface area contributed by atoms with Crippen LogP contribution in [0.2, 0.25) is 0 Å². The summed E-state index contributed by atoms with van der Waals surface area (Å²) in [6.07, 6.45) is 3.46. The number of fused-ring (bicyclic) bond motifs is 1. The van der Waals surface area contributed by atoms with Crippen LogP contribution in [0.4, 0.5) is 11.4 Å². The summed E-state index contributed by atoms with van der Waals surface area (Å²) in [5.41, 5.74) is 2.88. The fourth-order valence-corrected chi connectivity index (χ4v) is 3.55. The molecule has 1 aromatic heterocycles. The van der Waals surface area contributed by atoms with E-state index in [1.54, 1.807) is 11.6 Å². The summed E-state index contributed by atoms with van der Waals surface area (Å²) in [6.45, 7) is 0.719. The predicted octanol–water partition coefficient (Wildman–Crippen LogP) is 3.10. The number of anilines is 1. The molecule has 0 amide bonds. The van der Waals surface area contributed by atoms with Gasteiger partial charge in [0.2, 0.25) is 0 Å². The molecule has 1 N–H and O–H groups in total. The van der Waals surface area contributed by atoms with Gasteiger partial charge in [0.1, 0.15) is 5.69 Å². The molecule has 0 spiro atoms. The summed E-state index contributed by atoms with van der Waals surface area (Å²) in [6, 6.07) is 3.69. The molecule has 3 rings (SSSR count). The molecule has 6 nitrogen and oxygen atoms in total. The smallest absolute Gasteiger partial charge is 0.319 e. The van der Waals surface area contributed by atoms with Gasteiger partial charge >= 0.3 is 5.69 Å². The van der Waals surface area contributed by atoms with Gasteiger partial charge in [0.15, 0.2) is 5.52 Å². The minimum Gasteiger partial charge on any atom is -0.378 e. The van der Waals surface area contributed by atoms with E-state index in [1.165, 1.54) is 17.8 Å². The second kappa shape index (κ2) is 5.23. The summed E-state index contributed by atoms with van der Waals surface area (Å²) < 4.78 is 0.846. The van der Waals surface area contributed by atoms with Crippen LogP contribution in [-0.2, 0) is 0 Å². The molecule has 0 atom stereocenters. The number of hydrogen-bond acceptors (Lipinski definition) is 6. The van der Waals surface area contributed by atoms with E-state index >= 15 is 0 Å². The van der Waals surface area contributed by atoms with Gasteiger partial charge in [0, 0.05) is 12.1 Å². The molecule has 1 aliphatic rings. The van der Waals surface area contributed by atoms with Crippen molar-refractivity contribution in [2.24, 2.45) is 0 Å². The van der Waals surface area contributed by atoms with Gasteiger partial charge in [0.25, 0.3) is 0 Å². The molecule has 21 heavy (non-hydrogen) atoms. The van der Waals surface area contributed by atoms with Gasteiger partial charge in [0.05, 0.1) is 15.1 Å². The molecule has 0 bridgehead atoms. The highest BCUT2D eigenvalue weighted by molar-refractivity contribution is 7.16. The Hall–Kier alpha value is -1.73. The van der Waals surface area contributed by atoms with Gasteiger partial charge in [-0.15, -0.1) is 11.3 Å². The van der Waals surface area contributed by atoms with Crippen molar-refractivity contribution in [3.05, 3.63) is 27.8 Å². The van der Waals surface area contributed by atoms with Crippen molar-refractivity contribution in [2.45, 2.75) is 24.8 Å². The van der Waals surface area contributed by atoms with Gasteiger partial charge in [-0.2, -0.15) is 0 Å². The molecule has 1 heterocycles. The Morgan fingerprint density at radius 2 is 2.24 bits per heavy atom. The molecule has 7 heteroatoms. The summed E-state index contributed by atoms with van der Waals surface area (Å²) in [7, 11) is 4.14. The van der Waals surface area contributed by atoms with Crippen LogP contribution in [0, 0.1) is 10.1 Å². The fourth-order valence-electron chi connectivity index (χ4n) is 2.87. The molecule has 1 aromatic carbocycles. The summed E-state index contributed by atoms with van der Waals surface area (Å²) in [5, 5.41) is 14.7. The van der Waals surface area contributed by atoms with E-state index in [0.717, 1.165) is 24.1 Å². The van der Waals surface area contributed by atoms with Crippen molar-refractivity contribution in [1.82, 2.24) is 9.88 Å². The number of nitro benzene ring substituents is 1. The largest absolute Gasteiger partial charge is 0.378 e. The van der Waals surface area contributed by atoms with E-state index in [2.05, 4.69) is 29.3 Å². The maximum absolute atomic E-state index is 11.4. The predicted molar refractivity (Wildman–Crippen MR) is 85.0 cm³/mol. The SMILES string of the molecule is CN(C)C1(CNc2ccc3scnc3c2[N+](=O)[O-])CCC1. The lowest BCUT2D eigenvalue weighted by Crippen LogP contribution is -2.54. The van der Waals surface area contributed by atoms with Gasteiger partial charge in [-0.05, 0) is 45.5 Å². The monoisotopic (exact) mass is 306 g/mol. The Morgan fingerprint density at radius 1 is 1.48 bits per heavy atom. The topological polar surface area (TPSA) is 71.3 Å². The Kier molecular flexibility index (Phi) is 3.54. The number of benzene rings is 1. The van der Waals surface area contributed by atoms with Gasteiger partial charge in [-0.3, -0.25) is 10.1 Å². The maximum atomic E-state index is 11.4. The van der Waals surface area contributed by atoms with Crippen LogP contribution >= 0.6 is 11.3 Å². The van der Waals surface area contributed by atoms with Crippen molar-refractivity contribution >= 4 is 32.9 Å². The average Bonchev–Trinajstić information content (AvgIpc) is 2.84. The second-order valence-electron chi connectivity index (χ2n) is 5.74. The molecule has 112 valence electrons. The fraction of sp³-hybridized carbons (Fsp3) is 0.500. The first-order valence-electron chi connectivity index (χ1n) is 6.95. The summed E-state index contributed by atoms with van der Waals surface area (Å²) >= 11 is 1.42. The zero-order chi connectivity index (χ0) is 15.0. The first kappa shape index (κ1) is 14.2. The molecule has 1 saturated carbocycles. The minimum atomic E-state index is -0.340. The molecule has 0 radical (unpaired) electrons. The third-order valence-electron chi connectivity index (χ3n) is 4.50. The number of hydrogen-bond donors (Lipinski definition) is 1. The maximum Gasteiger partial charge on any atom is 0.319 e. The minimum absolute atomic E-state index is 0.0852. The number of nitrogens with one attached hydrogen (secondary N) is 1. The van der Waals surface area contributed by atoms with E-state index in [1.807, 2.05) is 6.07 Å². The molecule has 0 saturated heterocycles. The lowest BCUT2D eigenvalue weighted by Gasteiger charge is -2.47. The molecule has 1 aliphatic carbocycles. The van der Waals surface area contributed by atoms with E-state index in [-0.39, 0.29) is 16.1 Å². The average molecular weight is 306 g/mol. The van der Waals surface area contributed by atoms with Crippen LogP contribution in [0.15, 0.2) is 17.6 Å². The van der Waals surface area contributed by atoms with Crippen LogP contribution in [-0.4, -0.2) is 41.0 Å². The first-order valence-corrected chi connectivity index (χ1v) is 7.83. The Labute approximate surface area is 126 Å². The van der Waals surface area contributed by atoms with Crippen molar-refractivity contribution in [1.29, 1.82) is 0 Å². The van der Waals surface area contributed by atoms with Gasteiger partial charge in [-0.1, -0.05) is 0 Å². The van der Waals surface area contributed by atoms with E-state index in [4.69, 9.17) is 0 Å². The number of likely N-dealkylation sites (N-methyl/N-ethyl adjacent to an activating group) is 1. The lowest BCUT2D eigenvalue weighted by molar-refractivity contribution is -0.382. The van der Waals surface area contributed by atoms with E-state index in [9.17, 15) is 10.1 Å².